The highest BCUT2D eigenvalue weighted by atomic mass is 35.5. The molecule has 2 N–H and O–H groups in total. The quantitative estimate of drug-likeness (QED) is 0.883. The molecular formula is C16H21ClFN3. The Hall–Kier alpha value is -1.39. The van der Waals surface area contributed by atoms with E-state index in [9.17, 15) is 4.39 Å². The molecule has 0 radical (unpaired) electrons. The van der Waals surface area contributed by atoms with Crippen LogP contribution in [-0.2, 0) is 12.8 Å². The van der Waals surface area contributed by atoms with E-state index in [0.717, 1.165) is 12.1 Å². The first-order chi connectivity index (χ1) is 10.0. The molecule has 0 aliphatic carbocycles. The zero-order valence-electron chi connectivity index (χ0n) is 12.4. The third-order valence-electron chi connectivity index (χ3n) is 3.71. The fourth-order valence-corrected chi connectivity index (χ4v) is 2.49. The molecule has 0 amide bonds. The van der Waals surface area contributed by atoms with E-state index in [4.69, 9.17) is 17.3 Å². The van der Waals surface area contributed by atoms with Gasteiger partial charge in [0.25, 0.3) is 0 Å². The molecule has 21 heavy (non-hydrogen) atoms. The van der Waals surface area contributed by atoms with Gasteiger partial charge in [0, 0.05) is 35.3 Å². The fraction of sp³-hybridized carbons (Fsp3) is 0.438. The third-order valence-corrected chi connectivity index (χ3v) is 4.06. The molecule has 1 aromatic carbocycles. The lowest BCUT2D eigenvalue weighted by atomic mass is 10.0. The molecule has 0 fully saturated rings. The van der Waals surface area contributed by atoms with Gasteiger partial charge >= 0.3 is 0 Å². The molecule has 0 spiro atoms. The Morgan fingerprint density at radius 1 is 1.33 bits per heavy atom. The predicted octanol–water partition coefficient (Wildman–Crippen LogP) is 3.76. The normalized spacial score (nSPS) is 14.1. The number of nitrogens with two attached hydrogens (primary N) is 1. The van der Waals surface area contributed by atoms with Crippen LogP contribution < -0.4 is 5.73 Å². The first-order valence-corrected chi connectivity index (χ1v) is 7.61. The summed E-state index contributed by atoms with van der Waals surface area (Å²) in [6.07, 6.45) is 4.00. The van der Waals surface area contributed by atoms with Crippen LogP contribution in [0.3, 0.4) is 0 Å². The van der Waals surface area contributed by atoms with E-state index < -0.39 is 0 Å². The van der Waals surface area contributed by atoms with Crippen molar-refractivity contribution in [2.45, 2.75) is 45.2 Å². The topological polar surface area (TPSA) is 43.8 Å². The Labute approximate surface area is 129 Å². The van der Waals surface area contributed by atoms with Crippen molar-refractivity contribution in [1.29, 1.82) is 0 Å². The number of hydrogen-bond acceptors (Lipinski definition) is 2. The molecule has 3 nitrogen and oxygen atoms in total. The lowest BCUT2D eigenvalue weighted by Gasteiger charge is -2.12. The molecule has 1 heterocycles. The van der Waals surface area contributed by atoms with Gasteiger partial charge in [-0.05, 0) is 38.0 Å². The van der Waals surface area contributed by atoms with Crippen LogP contribution in [0.15, 0.2) is 30.5 Å². The van der Waals surface area contributed by atoms with Crippen molar-refractivity contribution in [1.82, 2.24) is 9.78 Å². The molecule has 114 valence electrons. The Morgan fingerprint density at radius 3 is 2.76 bits per heavy atom. The van der Waals surface area contributed by atoms with E-state index in [1.807, 2.05) is 16.9 Å². The average molecular weight is 310 g/mol. The summed E-state index contributed by atoms with van der Waals surface area (Å²) < 4.78 is 15.7. The summed E-state index contributed by atoms with van der Waals surface area (Å²) >= 11 is 6.03. The van der Waals surface area contributed by atoms with Crippen molar-refractivity contribution in [2.75, 3.05) is 0 Å². The molecule has 0 aliphatic rings. The Morgan fingerprint density at radius 2 is 2.10 bits per heavy atom. The molecule has 2 unspecified atom stereocenters. The molecule has 0 saturated heterocycles. The minimum absolute atomic E-state index is 0.209. The molecule has 2 atom stereocenters. The summed E-state index contributed by atoms with van der Waals surface area (Å²) in [5.74, 6) is -0.303. The van der Waals surface area contributed by atoms with Gasteiger partial charge in [-0.2, -0.15) is 5.10 Å². The lowest BCUT2D eigenvalue weighted by molar-refractivity contribution is 0.471. The maximum atomic E-state index is 13.7. The highest BCUT2D eigenvalue weighted by molar-refractivity contribution is 6.31. The highest BCUT2D eigenvalue weighted by Gasteiger charge is 2.14. The van der Waals surface area contributed by atoms with E-state index in [1.165, 1.54) is 6.07 Å². The van der Waals surface area contributed by atoms with Crippen LogP contribution >= 0.6 is 11.6 Å². The molecule has 0 saturated carbocycles. The van der Waals surface area contributed by atoms with E-state index >= 15 is 0 Å². The van der Waals surface area contributed by atoms with Crippen molar-refractivity contribution < 1.29 is 4.39 Å². The number of benzene rings is 1. The molecule has 1 aromatic heterocycles. The first-order valence-electron chi connectivity index (χ1n) is 7.23. The van der Waals surface area contributed by atoms with Crippen LogP contribution in [0.5, 0.6) is 0 Å². The minimum atomic E-state index is -0.303. The number of rotatable bonds is 6. The largest absolute Gasteiger partial charge is 0.327 e. The first kappa shape index (κ1) is 16.0. The van der Waals surface area contributed by atoms with Gasteiger partial charge < -0.3 is 5.73 Å². The van der Waals surface area contributed by atoms with Crippen LogP contribution in [0.25, 0.3) is 0 Å². The highest BCUT2D eigenvalue weighted by Crippen LogP contribution is 2.21. The summed E-state index contributed by atoms with van der Waals surface area (Å²) in [6, 6.07) is 6.82. The molecular weight excluding hydrogens is 289 g/mol. The molecule has 0 bridgehead atoms. The fourth-order valence-electron chi connectivity index (χ4n) is 2.25. The van der Waals surface area contributed by atoms with Crippen molar-refractivity contribution in [2.24, 2.45) is 5.73 Å². The lowest BCUT2D eigenvalue weighted by Crippen LogP contribution is -2.26. The number of nitrogens with zero attached hydrogens (tertiary/aromatic N) is 2. The van der Waals surface area contributed by atoms with E-state index in [1.54, 1.807) is 12.1 Å². The average Bonchev–Trinajstić information content (AvgIpc) is 2.90. The standard InChI is InChI=1S/C16H21ClFN3/c1-3-11(2)21-8-7-13(20-21)9-12(19)10-14-15(17)5-4-6-16(14)18/h4-8,11-12H,3,9-10,19H2,1-2H3. The van der Waals surface area contributed by atoms with Gasteiger partial charge in [-0.3, -0.25) is 4.68 Å². The summed E-state index contributed by atoms with van der Waals surface area (Å²) in [6.45, 7) is 4.24. The second-order valence-corrected chi connectivity index (χ2v) is 5.82. The number of hydrogen-bond donors (Lipinski definition) is 1. The summed E-state index contributed by atoms with van der Waals surface area (Å²) in [4.78, 5) is 0. The van der Waals surface area contributed by atoms with Crippen molar-refractivity contribution in [3.63, 3.8) is 0 Å². The summed E-state index contributed by atoms with van der Waals surface area (Å²) in [5, 5.41) is 4.94. The zero-order valence-corrected chi connectivity index (χ0v) is 13.1. The van der Waals surface area contributed by atoms with Gasteiger partial charge in [0.05, 0.1) is 5.69 Å². The summed E-state index contributed by atoms with van der Waals surface area (Å²) in [7, 11) is 0. The van der Waals surface area contributed by atoms with Gasteiger partial charge in [-0.1, -0.05) is 24.6 Å². The van der Waals surface area contributed by atoms with Crippen LogP contribution in [0.2, 0.25) is 5.02 Å². The number of halogens is 2. The molecule has 2 rings (SSSR count). The van der Waals surface area contributed by atoms with E-state index in [-0.39, 0.29) is 11.9 Å². The third kappa shape index (κ3) is 4.05. The Bertz CT molecular complexity index is 577. The van der Waals surface area contributed by atoms with Crippen LogP contribution in [0.4, 0.5) is 4.39 Å². The zero-order chi connectivity index (χ0) is 15.4. The Balaban J connectivity index is 2.02. The van der Waals surface area contributed by atoms with Gasteiger partial charge in [0.15, 0.2) is 0 Å². The monoisotopic (exact) mass is 309 g/mol. The van der Waals surface area contributed by atoms with Gasteiger partial charge in [0.2, 0.25) is 0 Å². The second kappa shape index (κ2) is 7.05. The van der Waals surface area contributed by atoms with Gasteiger partial charge in [-0.15, -0.1) is 0 Å². The van der Waals surface area contributed by atoms with Gasteiger partial charge in [-0.25, -0.2) is 4.39 Å². The van der Waals surface area contributed by atoms with Crippen molar-refractivity contribution in [3.8, 4) is 0 Å². The van der Waals surface area contributed by atoms with Crippen LogP contribution in [0.1, 0.15) is 37.6 Å². The molecule has 0 aliphatic heterocycles. The van der Waals surface area contributed by atoms with E-state index in [2.05, 4.69) is 18.9 Å². The molecule has 2 aromatic rings. The molecule has 5 heteroatoms. The number of aromatic nitrogens is 2. The van der Waals surface area contributed by atoms with Gasteiger partial charge in [0.1, 0.15) is 5.82 Å². The van der Waals surface area contributed by atoms with Crippen LogP contribution in [0, 0.1) is 5.82 Å². The van der Waals surface area contributed by atoms with Crippen molar-refractivity contribution >= 4 is 11.6 Å². The Kier molecular flexibility index (Phi) is 5.37. The van der Waals surface area contributed by atoms with Crippen LogP contribution in [-0.4, -0.2) is 15.8 Å². The SMILES string of the molecule is CCC(C)n1ccc(CC(N)Cc2c(F)cccc2Cl)n1. The predicted molar refractivity (Wildman–Crippen MR) is 84.0 cm³/mol. The van der Waals surface area contributed by atoms with E-state index in [0.29, 0.717) is 29.5 Å². The maximum Gasteiger partial charge on any atom is 0.127 e. The van der Waals surface area contributed by atoms with Crippen molar-refractivity contribution in [3.05, 3.63) is 52.6 Å². The minimum Gasteiger partial charge on any atom is -0.327 e. The smallest absolute Gasteiger partial charge is 0.127 e. The maximum absolute atomic E-state index is 13.7. The second-order valence-electron chi connectivity index (χ2n) is 5.41. The summed E-state index contributed by atoms with van der Waals surface area (Å²) in [5.41, 5.74) is 7.52.